The zero-order chi connectivity index (χ0) is 13.7. The van der Waals surface area contributed by atoms with Crippen LogP contribution in [0.1, 0.15) is 11.3 Å². The lowest BCUT2D eigenvalue weighted by Gasteiger charge is -2.12. The molecule has 19 heavy (non-hydrogen) atoms. The first-order chi connectivity index (χ1) is 9.19. The average molecular weight is 254 g/mol. The van der Waals surface area contributed by atoms with Crippen molar-refractivity contribution in [3.05, 3.63) is 42.0 Å². The lowest BCUT2D eigenvalue weighted by atomic mass is 10.2. The minimum Gasteiger partial charge on any atom is -0.365 e. The lowest BCUT2D eigenvalue weighted by Crippen LogP contribution is -2.11. The van der Waals surface area contributed by atoms with Gasteiger partial charge in [-0.3, -0.25) is 0 Å². The Labute approximate surface area is 111 Å². The molecule has 2 rings (SSSR count). The number of aromatic nitrogens is 3. The molecule has 6 nitrogen and oxygen atoms in total. The third-order valence-corrected chi connectivity index (χ3v) is 2.51. The average Bonchev–Trinajstić information content (AvgIpc) is 2.46. The second-order valence-corrected chi connectivity index (χ2v) is 4.17. The largest absolute Gasteiger partial charge is 0.365 e. The molecular formula is C13H14N6. The summed E-state index contributed by atoms with van der Waals surface area (Å²) >= 11 is 0. The summed E-state index contributed by atoms with van der Waals surface area (Å²) in [5.74, 6) is 1.55. The summed E-state index contributed by atoms with van der Waals surface area (Å²) in [4.78, 5) is 14.2. The van der Waals surface area contributed by atoms with Crippen molar-refractivity contribution >= 4 is 11.6 Å². The maximum absolute atomic E-state index is 8.63. The van der Waals surface area contributed by atoms with Crippen LogP contribution in [0.4, 0.5) is 11.6 Å². The molecule has 0 spiro atoms. The van der Waals surface area contributed by atoms with Crippen molar-refractivity contribution in [1.29, 1.82) is 5.26 Å². The van der Waals surface area contributed by atoms with E-state index in [9.17, 15) is 0 Å². The summed E-state index contributed by atoms with van der Waals surface area (Å²) < 4.78 is 0. The van der Waals surface area contributed by atoms with Gasteiger partial charge in [-0.2, -0.15) is 5.26 Å². The van der Waals surface area contributed by atoms with Crippen LogP contribution in [0.25, 0.3) is 0 Å². The van der Waals surface area contributed by atoms with E-state index in [1.807, 2.05) is 37.2 Å². The van der Waals surface area contributed by atoms with E-state index in [1.54, 1.807) is 12.4 Å². The van der Waals surface area contributed by atoms with Gasteiger partial charge in [-0.05, 0) is 17.7 Å². The Hall–Kier alpha value is -2.68. The van der Waals surface area contributed by atoms with Crippen molar-refractivity contribution in [2.45, 2.75) is 6.54 Å². The first-order valence-electron chi connectivity index (χ1n) is 5.77. The highest BCUT2D eigenvalue weighted by atomic mass is 15.1. The zero-order valence-electron chi connectivity index (χ0n) is 10.8. The van der Waals surface area contributed by atoms with Crippen LogP contribution in [0.15, 0.2) is 30.7 Å². The molecule has 0 radical (unpaired) electrons. The Morgan fingerprint density at radius 2 is 2.11 bits per heavy atom. The molecule has 0 amide bonds. The topological polar surface area (TPSA) is 77.7 Å². The van der Waals surface area contributed by atoms with Crippen molar-refractivity contribution in [2.24, 2.45) is 0 Å². The molecule has 0 saturated heterocycles. The first kappa shape index (κ1) is 12.8. The number of nitrogens with one attached hydrogen (secondary N) is 1. The van der Waals surface area contributed by atoms with Gasteiger partial charge in [0.25, 0.3) is 0 Å². The fraction of sp³-hybridized carbons (Fsp3) is 0.231. The fourth-order valence-electron chi connectivity index (χ4n) is 1.48. The van der Waals surface area contributed by atoms with Gasteiger partial charge in [0, 0.05) is 26.8 Å². The molecule has 6 heteroatoms. The van der Waals surface area contributed by atoms with Crippen LogP contribution in [0.3, 0.4) is 0 Å². The lowest BCUT2D eigenvalue weighted by molar-refractivity contribution is 1.03. The predicted molar refractivity (Wildman–Crippen MR) is 72.6 cm³/mol. The van der Waals surface area contributed by atoms with Crippen molar-refractivity contribution < 1.29 is 0 Å². The third-order valence-electron chi connectivity index (χ3n) is 2.51. The number of anilines is 2. The van der Waals surface area contributed by atoms with E-state index in [4.69, 9.17) is 5.26 Å². The van der Waals surface area contributed by atoms with Gasteiger partial charge in [-0.15, -0.1) is 0 Å². The Kier molecular flexibility index (Phi) is 3.88. The number of nitriles is 1. The minimum absolute atomic E-state index is 0.310. The van der Waals surface area contributed by atoms with Crippen LogP contribution in [0, 0.1) is 11.3 Å². The molecule has 0 aliphatic carbocycles. The van der Waals surface area contributed by atoms with Crippen LogP contribution in [-0.2, 0) is 6.54 Å². The normalized spacial score (nSPS) is 9.74. The standard InChI is InChI=1S/C13H14N6/c1-19(2)13-5-10(3-4-15-13)7-17-12-9-16-11(6-14)8-18-12/h3-5,8-9H,7H2,1-2H3,(H,17,18). The zero-order valence-corrected chi connectivity index (χ0v) is 10.8. The SMILES string of the molecule is CN(C)c1cc(CNc2cnc(C#N)cn2)ccn1. The maximum Gasteiger partial charge on any atom is 0.158 e. The van der Waals surface area contributed by atoms with Gasteiger partial charge in [0.2, 0.25) is 0 Å². The van der Waals surface area contributed by atoms with Gasteiger partial charge in [-0.25, -0.2) is 15.0 Å². The van der Waals surface area contributed by atoms with Gasteiger partial charge in [0.15, 0.2) is 5.69 Å². The minimum atomic E-state index is 0.310. The Bertz CT molecular complexity index is 585. The molecular weight excluding hydrogens is 240 g/mol. The highest BCUT2D eigenvalue weighted by Gasteiger charge is 2.00. The fourth-order valence-corrected chi connectivity index (χ4v) is 1.48. The molecule has 2 heterocycles. The van der Waals surface area contributed by atoms with Crippen LogP contribution < -0.4 is 10.2 Å². The molecule has 96 valence electrons. The molecule has 2 aromatic heterocycles. The number of hydrogen-bond acceptors (Lipinski definition) is 6. The Morgan fingerprint density at radius 1 is 1.26 bits per heavy atom. The van der Waals surface area contributed by atoms with Gasteiger partial charge in [0.05, 0.1) is 12.4 Å². The molecule has 0 aliphatic rings. The molecule has 1 N–H and O–H groups in total. The highest BCUT2D eigenvalue weighted by molar-refractivity contribution is 5.41. The second-order valence-electron chi connectivity index (χ2n) is 4.17. The molecule has 0 bridgehead atoms. The number of nitrogens with zero attached hydrogens (tertiary/aromatic N) is 5. The van der Waals surface area contributed by atoms with E-state index >= 15 is 0 Å². The van der Waals surface area contributed by atoms with Gasteiger partial charge in [0.1, 0.15) is 17.7 Å². The van der Waals surface area contributed by atoms with Crippen molar-refractivity contribution in [3.63, 3.8) is 0 Å². The van der Waals surface area contributed by atoms with E-state index in [2.05, 4.69) is 20.3 Å². The molecule has 0 fully saturated rings. The van der Waals surface area contributed by atoms with Gasteiger partial charge in [-0.1, -0.05) is 0 Å². The van der Waals surface area contributed by atoms with Crippen LogP contribution in [-0.4, -0.2) is 29.0 Å². The van der Waals surface area contributed by atoms with Crippen LogP contribution in [0.2, 0.25) is 0 Å². The summed E-state index contributed by atoms with van der Waals surface area (Å²) in [6.45, 7) is 0.629. The van der Waals surface area contributed by atoms with E-state index in [-0.39, 0.29) is 0 Å². The van der Waals surface area contributed by atoms with Crippen LogP contribution in [0.5, 0.6) is 0 Å². The van der Waals surface area contributed by atoms with E-state index in [0.29, 0.717) is 18.1 Å². The highest BCUT2D eigenvalue weighted by Crippen LogP contribution is 2.11. The smallest absolute Gasteiger partial charge is 0.158 e. The molecule has 0 aliphatic heterocycles. The summed E-state index contributed by atoms with van der Waals surface area (Å²) in [7, 11) is 3.90. The summed E-state index contributed by atoms with van der Waals surface area (Å²) in [6, 6.07) is 5.88. The third kappa shape index (κ3) is 3.39. The number of pyridine rings is 1. The van der Waals surface area contributed by atoms with E-state index in [1.165, 1.54) is 6.20 Å². The van der Waals surface area contributed by atoms with Crippen LogP contribution >= 0.6 is 0 Å². The number of hydrogen-bond donors (Lipinski definition) is 1. The number of rotatable bonds is 4. The summed E-state index contributed by atoms with van der Waals surface area (Å²) in [5, 5.41) is 11.8. The van der Waals surface area contributed by atoms with Crippen molar-refractivity contribution in [3.8, 4) is 6.07 Å². The second kappa shape index (κ2) is 5.78. The molecule has 2 aromatic rings. The van der Waals surface area contributed by atoms with E-state index < -0.39 is 0 Å². The Morgan fingerprint density at radius 3 is 2.74 bits per heavy atom. The van der Waals surface area contributed by atoms with Crippen molar-refractivity contribution in [2.75, 3.05) is 24.3 Å². The molecule has 0 aromatic carbocycles. The Balaban J connectivity index is 2.02. The quantitative estimate of drug-likeness (QED) is 0.889. The molecule has 0 unspecified atom stereocenters. The first-order valence-corrected chi connectivity index (χ1v) is 5.77. The monoisotopic (exact) mass is 254 g/mol. The van der Waals surface area contributed by atoms with E-state index in [0.717, 1.165) is 11.4 Å². The molecule has 0 saturated carbocycles. The molecule has 0 atom stereocenters. The van der Waals surface area contributed by atoms with Gasteiger partial charge >= 0.3 is 0 Å². The summed E-state index contributed by atoms with van der Waals surface area (Å²) in [5.41, 5.74) is 1.41. The van der Waals surface area contributed by atoms with Gasteiger partial charge < -0.3 is 10.2 Å². The maximum atomic E-state index is 8.63. The summed E-state index contributed by atoms with van der Waals surface area (Å²) in [6.07, 6.45) is 4.77. The van der Waals surface area contributed by atoms with Crippen molar-refractivity contribution in [1.82, 2.24) is 15.0 Å². The predicted octanol–water partition coefficient (Wildman–Crippen LogP) is 1.42.